The smallest absolute Gasteiger partial charge is 0.270 e. The molecule has 2 aromatic rings. The molecule has 3 rings (SSSR count). The lowest BCUT2D eigenvalue weighted by Crippen LogP contribution is -2.50. The molecule has 5 nitrogen and oxygen atoms in total. The Labute approximate surface area is 138 Å². The Morgan fingerprint density at radius 2 is 1.87 bits per heavy atom. The molecular weight excluding hydrogens is 316 g/mol. The van der Waals surface area contributed by atoms with Gasteiger partial charge in [-0.1, -0.05) is 29.8 Å². The molecule has 2 aromatic carbocycles. The Morgan fingerprint density at radius 3 is 2.43 bits per heavy atom. The van der Waals surface area contributed by atoms with E-state index >= 15 is 0 Å². The predicted octanol–water partition coefficient (Wildman–Crippen LogP) is 4.06. The highest BCUT2D eigenvalue weighted by molar-refractivity contribution is 6.30. The maximum atomic E-state index is 12.5. The largest absolute Gasteiger partial charge is 0.343 e. The van der Waals surface area contributed by atoms with E-state index in [1.165, 1.54) is 18.2 Å². The first kappa shape index (κ1) is 15.5. The molecule has 1 amide bonds. The summed E-state index contributed by atoms with van der Waals surface area (Å²) in [6, 6.07) is 13.2. The second kappa shape index (κ2) is 6.01. The zero-order valence-electron chi connectivity index (χ0n) is 12.3. The van der Waals surface area contributed by atoms with Gasteiger partial charge in [0, 0.05) is 22.7 Å². The SMILES string of the molecule is O=C(NC1(c2ccc(Cl)cc2)CCC1)c1cccc([N+](=O)[O-])c1. The molecule has 0 heterocycles. The van der Waals surface area contributed by atoms with Crippen molar-refractivity contribution in [1.29, 1.82) is 0 Å². The van der Waals surface area contributed by atoms with Gasteiger partial charge in [0.05, 0.1) is 10.5 Å². The van der Waals surface area contributed by atoms with Crippen molar-refractivity contribution in [3.05, 3.63) is 74.8 Å². The molecule has 0 bridgehead atoms. The fourth-order valence-corrected chi connectivity index (χ4v) is 2.96. The summed E-state index contributed by atoms with van der Waals surface area (Å²) in [6.45, 7) is 0. The van der Waals surface area contributed by atoms with Gasteiger partial charge in [-0.3, -0.25) is 14.9 Å². The Bertz CT molecular complexity index is 755. The van der Waals surface area contributed by atoms with Crippen LogP contribution in [-0.2, 0) is 5.54 Å². The van der Waals surface area contributed by atoms with Crippen LogP contribution in [0.15, 0.2) is 48.5 Å². The first-order valence-electron chi connectivity index (χ1n) is 7.33. The minimum absolute atomic E-state index is 0.0909. The summed E-state index contributed by atoms with van der Waals surface area (Å²) in [5.74, 6) is -0.302. The third kappa shape index (κ3) is 3.05. The summed E-state index contributed by atoms with van der Waals surface area (Å²) >= 11 is 5.92. The fourth-order valence-electron chi connectivity index (χ4n) is 2.84. The molecule has 1 saturated carbocycles. The highest BCUT2D eigenvalue weighted by Gasteiger charge is 2.40. The van der Waals surface area contributed by atoms with Gasteiger partial charge in [-0.2, -0.15) is 0 Å². The van der Waals surface area contributed by atoms with Gasteiger partial charge in [-0.25, -0.2) is 0 Å². The van der Waals surface area contributed by atoms with Crippen LogP contribution in [0.5, 0.6) is 0 Å². The van der Waals surface area contributed by atoms with Crippen LogP contribution in [0.25, 0.3) is 0 Å². The van der Waals surface area contributed by atoms with Gasteiger partial charge in [0.25, 0.3) is 11.6 Å². The van der Waals surface area contributed by atoms with Gasteiger partial charge in [0.15, 0.2) is 0 Å². The summed E-state index contributed by atoms with van der Waals surface area (Å²) in [5, 5.41) is 14.5. The van der Waals surface area contributed by atoms with Crippen molar-refractivity contribution >= 4 is 23.2 Å². The number of rotatable bonds is 4. The lowest BCUT2D eigenvalue weighted by Gasteiger charge is -2.43. The lowest BCUT2D eigenvalue weighted by atomic mass is 9.71. The summed E-state index contributed by atoms with van der Waals surface area (Å²) in [6.07, 6.45) is 2.71. The number of nitrogens with zero attached hydrogens (tertiary/aromatic N) is 1. The maximum absolute atomic E-state index is 12.5. The summed E-state index contributed by atoms with van der Waals surface area (Å²) in [7, 11) is 0. The van der Waals surface area contributed by atoms with Crippen LogP contribution in [0.2, 0.25) is 5.02 Å². The highest BCUT2D eigenvalue weighted by Crippen LogP contribution is 2.41. The summed E-state index contributed by atoms with van der Waals surface area (Å²) < 4.78 is 0. The van der Waals surface area contributed by atoms with Gasteiger partial charge < -0.3 is 5.32 Å². The molecule has 1 aliphatic rings. The van der Waals surface area contributed by atoms with Crippen molar-refractivity contribution in [3.63, 3.8) is 0 Å². The van der Waals surface area contributed by atoms with Crippen molar-refractivity contribution in [2.75, 3.05) is 0 Å². The molecule has 6 heteroatoms. The second-order valence-electron chi connectivity index (χ2n) is 5.70. The number of nitrogens with one attached hydrogen (secondary N) is 1. The van der Waals surface area contributed by atoms with Gasteiger partial charge in [-0.05, 0) is 43.0 Å². The molecule has 0 radical (unpaired) electrons. The van der Waals surface area contributed by atoms with Crippen LogP contribution in [0, 0.1) is 10.1 Å². The molecule has 118 valence electrons. The predicted molar refractivity (Wildman–Crippen MR) is 87.5 cm³/mol. The van der Waals surface area contributed by atoms with E-state index in [2.05, 4.69) is 5.32 Å². The minimum atomic E-state index is -0.505. The molecule has 23 heavy (non-hydrogen) atoms. The number of non-ortho nitro benzene ring substituents is 1. The van der Waals surface area contributed by atoms with E-state index in [9.17, 15) is 14.9 Å². The Kier molecular flexibility index (Phi) is 4.05. The van der Waals surface area contributed by atoms with Gasteiger partial charge in [0.2, 0.25) is 0 Å². The number of carbonyl (C=O) groups is 1. The van der Waals surface area contributed by atoms with E-state index < -0.39 is 10.5 Å². The number of nitro benzene ring substituents is 1. The molecule has 0 unspecified atom stereocenters. The fraction of sp³-hybridized carbons (Fsp3) is 0.235. The molecule has 0 aromatic heterocycles. The van der Waals surface area contributed by atoms with Crippen LogP contribution in [0.4, 0.5) is 5.69 Å². The van der Waals surface area contributed by atoms with Crippen LogP contribution in [0.1, 0.15) is 35.2 Å². The molecule has 1 aliphatic carbocycles. The first-order valence-corrected chi connectivity index (χ1v) is 7.71. The number of carbonyl (C=O) groups excluding carboxylic acids is 1. The van der Waals surface area contributed by atoms with E-state index in [0.717, 1.165) is 24.8 Å². The molecule has 0 spiro atoms. The number of benzene rings is 2. The first-order chi connectivity index (χ1) is 11.0. The number of hydrogen-bond donors (Lipinski definition) is 1. The van der Waals surface area contributed by atoms with Gasteiger partial charge >= 0.3 is 0 Å². The molecule has 1 fully saturated rings. The van der Waals surface area contributed by atoms with Crippen LogP contribution in [0.3, 0.4) is 0 Å². The molecule has 0 atom stereocenters. The topological polar surface area (TPSA) is 72.2 Å². The lowest BCUT2D eigenvalue weighted by molar-refractivity contribution is -0.384. The third-order valence-electron chi connectivity index (χ3n) is 4.28. The van der Waals surface area contributed by atoms with E-state index in [1.807, 2.05) is 12.1 Å². The molecular formula is C17H15ClN2O3. The van der Waals surface area contributed by atoms with E-state index in [0.29, 0.717) is 10.6 Å². The van der Waals surface area contributed by atoms with Crippen molar-refractivity contribution in [2.45, 2.75) is 24.8 Å². The van der Waals surface area contributed by atoms with Crippen molar-refractivity contribution < 1.29 is 9.72 Å². The quantitative estimate of drug-likeness (QED) is 0.678. The second-order valence-corrected chi connectivity index (χ2v) is 6.14. The van der Waals surface area contributed by atoms with Gasteiger partial charge in [-0.15, -0.1) is 0 Å². The minimum Gasteiger partial charge on any atom is -0.343 e. The zero-order chi connectivity index (χ0) is 16.4. The standard InChI is InChI=1S/C17H15ClN2O3/c18-14-7-5-13(6-8-14)17(9-2-10-17)19-16(21)12-3-1-4-15(11-12)20(22)23/h1,3-8,11H,2,9-10H2,(H,19,21). The Balaban J connectivity index is 1.84. The average molecular weight is 331 g/mol. The van der Waals surface area contributed by atoms with Gasteiger partial charge in [0.1, 0.15) is 0 Å². The van der Waals surface area contributed by atoms with Crippen LogP contribution < -0.4 is 5.32 Å². The Morgan fingerprint density at radius 1 is 1.17 bits per heavy atom. The highest BCUT2D eigenvalue weighted by atomic mass is 35.5. The number of nitro groups is 1. The molecule has 0 saturated heterocycles. The number of halogens is 1. The maximum Gasteiger partial charge on any atom is 0.270 e. The number of amides is 1. The normalized spacial score (nSPS) is 15.5. The Hall–Kier alpha value is -2.40. The van der Waals surface area contributed by atoms with Crippen LogP contribution in [-0.4, -0.2) is 10.8 Å². The number of hydrogen-bond acceptors (Lipinski definition) is 3. The van der Waals surface area contributed by atoms with Crippen molar-refractivity contribution in [2.24, 2.45) is 0 Å². The zero-order valence-corrected chi connectivity index (χ0v) is 13.0. The van der Waals surface area contributed by atoms with Crippen molar-refractivity contribution in [3.8, 4) is 0 Å². The molecule has 1 N–H and O–H groups in total. The molecule has 0 aliphatic heterocycles. The summed E-state index contributed by atoms with van der Waals surface area (Å²) in [5.41, 5.74) is 0.796. The third-order valence-corrected chi connectivity index (χ3v) is 4.53. The van der Waals surface area contributed by atoms with E-state index in [1.54, 1.807) is 18.2 Å². The van der Waals surface area contributed by atoms with Crippen LogP contribution >= 0.6 is 11.6 Å². The monoisotopic (exact) mass is 330 g/mol. The summed E-state index contributed by atoms with van der Waals surface area (Å²) in [4.78, 5) is 22.8. The van der Waals surface area contributed by atoms with Crippen molar-refractivity contribution in [1.82, 2.24) is 5.32 Å². The van der Waals surface area contributed by atoms with E-state index in [-0.39, 0.29) is 11.6 Å². The van der Waals surface area contributed by atoms with E-state index in [4.69, 9.17) is 11.6 Å². The average Bonchev–Trinajstić information content (AvgIpc) is 2.52.